The highest BCUT2D eigenvalue weighted by Gasteiger charge is 2.21. The predicted octanol–water partition coefficient (Wildman–Crippen LogP) is 1.99. The van der Waals surface area contributed by atoms with Gasteiger partial charge in [0.1, 0.15) is 0 Å². The summed E-state index contributed by atoms with van der Waals surface area (Å²) in [5, 5.41) is 9.79. The van der Waals surface area contributed by atoms with Crippen LogP contribution >= 0.6 is 0 Å². The first-order valence-corrected chi connectivity index (χ1v) is 7.22. The molecule has 1 aliphatic rings. The quantitative estimate of drug-likeness (QED) is 0.640. The fourth-order valence-electron chi connectivity index (χ4n) is 2.70. The van der Waals surface area contributed by atoms with Crippen LogP contribution in [-0.2, 0) is 0 Å². The maximum atomic E-state index is 9.79. The van der Waals surface area contributed by atoms with Crippen LogP contribution in [0.1, 0.15) is 52.4 Å². The molecule has 1 saturated heterocycles. The number of unbranched alkanes of at least 4 members (excludes halogenated alkanes) is 1. The molecule has 3 N–H and O–H groups in total. The van der Waals surface area contributed by atoms with Gasteiger partial charge in [-0.25, -0.2) is 0 Å². The minimum absolute atomic E-state index is 0.370. The van der Waals surface area contributed by atoms with Gasteiger partial charge < -0.3 is 15.7 Å². The van der Waals surface area contributed by atoms with Gasteiger partial charge in [0.05, 0.1) is 5.60 Å². The van der Waals surface area contributed by atoms with E-state index in [2.05, 4.69) is 11.8 Å². The number of aliphatic hydroxyl groups is 1. The maximum absolute atomic E-state index is 9.79. The van der Waals surface area contributed by atoms with Crippen molar-refractivity contribution in [1.82, 2.24) is 4.90 Å². The van der Waals surface area contributed by atoms with Crippen molar-refractivity contribution >= 4 is 0 Å². The lowest BCUT2D eigenvalue weighted by Gasteiger charge is -2.21. The van der Waals surface area contributed by atoms with E-state index in [1.165, 1.54) is 45.3 Å². The van der Waals surface area contributed by atoms with Gasteiger partial charge in [0.2, 0.25) is 0 Å². The zero-order valence-electron chi connectivity index (χ0n) is 11.6. The Balaban J connectivity index is 2.04. The number of hydrogen-bond donors (Lipinski definition) is 2. The van der Waals surface area contributed by atoms with Crippen LogP contribution in [0, 0.1) is 5.92 Å². The molecule has 1 fully saturated rings. The van der Waals surface area contributed by atoms with Crippen molar-refractivity contribution < 1.29 is 5.11 Å². The van der Waals surface area contributed by atoms with Crippen molar-refractivity contribution in [3.8, 4) is 0 Å². The lowest BCUT2D eigenvalue weighted by molar-refractivity contribution is 0.0565. The van der Waals surface area contributed by atoms with Crippen molar-refractivity contribution in [1.29, 1.82) is 0 Å². The first-order valence-electron chi connectivity index (χ1n) is 7.22. The van der Waals surface area contributed by atoms with Crippen molar-refractivity contribution in [2.75, 3.05) is 26.2 Å². The average molecular weight is 242 g/mol. The van der Waals surface area contributed by atoms with Crippen LogP contribution in [0.4, 0.5) is 0 Å². The third-order valence-electron chi connectivity index (χ3n) is 3.95. The molecule has 0 amide bonds. The van der Waals surface area contributed by atoms with Crippen LogP contribution < -0.4 is 5.73 Å². The molecule has 0 radical (unpaired) electrons. The van der Waals surface area contributed by atoms with E-state index in [1.807, 2.05) is 6.92 Å². The number of nitrogens with two attached hydrogens (primary N) is 1. The molecule has 0 aromatic heterocycles. The molecule has 0 aromatic carbocycles. The molecule has 1 rings (SSSR count). The Morgan fingerprint density at radius 3 is 2.82 bits per heavy atom. The molecule has 3 nitrogen and oxygen atoms in total. The Kier molecular flexibility index (Phi) is 6.45. The number of rotatable bonds is 8. The molecule has 0 bridgehead atoms. The summed E-state index contributed by atoms with van der Waals surface area (Å²) in [5.41, 5.74) is 4.84. The van der Waals surface area contributed by atoms with Gasteiger partial charge in [-0.1, -0.05) is 13.3 Å². The van der Waals surface area contributed by atoms with E-state index in [-0.39, 0.29) is 0 Å². The Morgan fingerprint density at radius 1 is 1.41 bits per heavy atom. The second-order valence-electron chi connectivity index (χ2n) is 5.90. The Bertz CT molecular complexity index is 206. The van der Waals surface area contributed by atoms with Crippen molar-refractivity contribution in [2.24, 2.45) is 11.7 Å². The fourth-order valence-corrected chi connectivity index (χ4v) is 2.70. The van der Waals surface area contributed by atoms with Crippen LogP contribution in [0.25, 0.3) is 0 Å². The largest absolute Gasteiger partial charge is 0.389 e. The molecule has 1 aliphatic heterocycles. The topological polar surface area (TPSA) is 49.5 Å². The summed E-state index contributed by atoms with van der Waals surface area (Å²) in [6, 6.07) is 0. The van der Waals surface area contributed by atoms with Gasteiger partial charge in [-0.2, -0.15) is 0 Å². The van der Waals surface area contributed by atoms with Crippen LogP contribution in [0.2, 0.25) is 0 Å². The van der Waals surface area contributed by atoms with Gasteiger partial charge in [-0.15, -0.1) is 0 Å². The van der Waals surface area contributed by atoms with E-state index in [0.29, 0.717) is 6.54 Å². The molecular weight excluding hydrogens is 212 g/mol. The van der Waals surface area contributed by atoms with Crippen molar-refractivity contribution in [2.45, 2.75) is 58.0 Å². The van der Waals surface area contributed by atoms with E-state index in [0.717, 1.165) is 18.8 Å². The second-order valence-corrected chi connectivity index (χ2v) is 5.90. The Morgan fingerprint density at radius 2 is 2.18 bits per heavy atom. The zero-order valence-corrected chi connectivity index (χ0v) is 11.6. The summed E-state index contributed by atoms with van der Waals surface area (Å²) in [6.07, 6.45) is 7.19. The van der Waals surface area contributed by atoms with E-state index in [9.17, 15) is 5.11 Å². The van der Waals surface area contributed by atoms with E-state index < -0.39 is 5.60 Å². The predicted molar refractivity (Wildman–Crippen MR) is 73.0 cm³/mol. The summed E-state index contributed by atoms with van der Waals surface area (Å²) in [4.78, 5) is 2.58. The highest BCUT2D eigenvalue weighted by atomic mass is 16.3. The minimum atomic E-state index is -0.657. The van der Waals surface area contributed by atoms with E-state index in [1.54, 1.807) is 0 Å². The number of hydrogen-bond acceptors (Lipinski definition) is 3. The number of nitrogens with zero attached hydrogens (tertiary/aromatic N) is 1. The Hall–Kier alpha value is -0.120. The third-order valence-corrected chi connectivity index (χ3v) is 3.95. The standard InChI is InChI=1S/C14H30N2O/c1-3-6-13-7-10-16(11-13)9-5-4-8-14(2,17)12-15/h13,17H,3-12,15H2,1-2H3. The van der Waals surface area contributed by atoms with Crippen LogP contribution in [0.5, 0.6) is 0 Å². The molecule has 2 atom stereocenters. The van der Waals surface area contributed by atoms with Gasteiger partial charge in [0.15, 0.2) is 0 Å². The van der Waals surface area contributed by atoms with Crippen LogP contribution in [-0.4, -0.2) is 41.8 Å². The highest BCUT2D eigenvalue weighted by Crippen LogP contribution is 2.21. The molecule has 2 unspecified atom stereocenters. The highest BCUT2D eigenvalue weighted by molar-refractivity contribution is 4.76. The molecule has 0 aliphatic carbocycles. The molecule has 17 heavy (non-hydrogen) atoms. The molecule has 102 valence electrons. The zero-order chi connectivity index (χ0) is 12.7. The summed E-state index contributed by atoms with van der Waals surface area (Å²) in [7, 11) is 0. The monoisotopic (exact) mass is 242 g/mol. The summed E-state index contributed by atoms with van der Waals surface area (Å²) >= 11 is 0. The van der Waals surface area contributed by atoms with E-state index >= 15 is 0 Å². The second kappa shape index (κ2) is 7.34. The van der Waals surface area contributed by atoms with Gasteiger partial charge in [-0.05, 0) is 58.0 Å². The van der Waals surface area contributed by atoms with Gasteiger partial charge in [0.25, 0.3) is 0 Å². The Labute approximate surface area is 106 Å². The van der Waals surface area contributed by atoms with Gasteiger partial charge in [0, 0.05) is 13.1 Å². The van der Waals surface area contributed by atoms with Crippen LogP contribution in [0.15, 0.2) is 0 Å². The smallest absolute Gasteiger partial charge is 0.0741 e. The summed E-state index contributed by atoms with van der Waals surface area (Å²) in [5.74, 6) is 0.937. The van der Waals surface area contributed by atoms with Crippen LogP contribution in [0.3, 0.4) is 0 Å². The first kappa shape index (κ1) is 14.9. The lowest BCUT2D eigenvalue weighted by atomic mass is 9.99. The normalized spacial score (nSPS) is 25.1. The maximum Gasteiger partial charge on any atom is 0.0741 e. The van der Waals surface area contributed by atoms with Crippen molar-refractivity contribution in [3.05, 3.63) is 0 Å². The molecule has 0 saturated carbocycles. The number of likely N-dealkylation sites (tertiary alicyclic amines) is 1. The molecule has 3 heteroatoms. The lowest BCUT2D eigenvalue weighted by Crippen LogP contribution is -2.34. The first-order chi connectivity index (χ1) is 8.07. The van der Waals surface area contributed by atoms with Gasteiger partial charge in [-0.3, -0.25) is 0 Å². The summed E-state index contributed by atoms with van der Waals surface area (Å²) < 4.78 is 0. The third kappa shape index (κ3) is 5.84. The van der Waals surface area contributed by atoms with Crippen molar-refractivity contribution in [3.63, 3.8) is 0 Å². The van der Waals surface area contributed by atoms with E-state index in [4.69, 9.17) is 5.73 Å². The minimum Gasteiger partial charge on any atom is -0.389 e. The molecular formula is C14H30N2O. The molecule has 0 spiro atoms. The SMILES string of the molecule is CCCC1CCN(CCCCC(C)(O)CN)C1. The summed E-state index contributed by atoms with van der Waals surface area (Å²) in [6.45, 7) is 8.24. The average Bonchev–Trinajstić information content (AvgIpc) is 2.73. The molecule has 1 heterocycles. The fraction of sp³-hybridized carbons (Fsp3) is 1.00. The van der Waals surface area contributed by atoms with Gasteiger partial charge >= 0.3 is 0 Å². The molecule has 0 aromatic rings.